The van der Waals surface area contributed by atoms with Crippen LogP contribution in [0.3, 0.4) is 0 Å². The highest BCUT2D eigenvalue weighted by Crippen LogP contribution is 2.16. The highest BCUT2D eigenvalue weighted by molar-refractivity contribution is 5.70. The van der Waals surface area contributed by atoms with E-state index in [2.05, 4.69) is 38.2 Å². The minimum atomic E-state index is -1.13. The lowest BCUT2D eigenvalue weighted by Crippen LogP contribution is -2.55. The van der Waals surface area contributed by atoms with Gasteiger partial charge in [-0.3, -0.25) is 9.59 Å². The van der Waals surface area contributed by atoms with E-state index < -0.39 is 18.1 Å². The molecule has 0 rings (SSSR count). The zero-order chi connectivity index (χ0) is 42.1. The molecule has 0 aromatic carbocycles. The second-order valence-electron chi connectivity index (χ2n) is 17.4. The summed E-state index contributed by atoms with van der Waals surface area (Å²) in [4.78, 5) is 36.8. The van der Waals surface area contributed by atoms with E-state index in [0.717, 1.165) is 51.4 Å². The van der Waals surface area contributed by atoms with Crippen LogP contribution in [-0.4, -0.2) is 75.5 Å². The second kappa shape index (κ2) is 40.6. The summed E-state index contributed by atoms with van der Waals surface area (Å²) in [6, 6.07) is -0.726. The van der Waals surface area contributed by atoms with Gasteiger partial charge in [-0.15, -0.1) is 0 Å². The first-order valence-corrected chi connectivity index (χ1v) is 23.9. The molecule has 2 atom stereocenters. The number of carbonyl (C=O) groups is 3. The lowest BCUT2D eigenvalue weighted by Gasteiger charge is -2.34. The number of likely N-dealkylation sites (N-methyl/N-ethyl adjacent to an activating group) is 1. The molecule has 0 N–H and O–H groups in total. The monoisotopic (exact) mass is 806 g/mol. The highest BCUT2D eigenvalue weighted by atomic mass is 16.6. The van der Waals surface area contributed by atoms with Crippen molar-refractivity contribution in [3.8, 4) is 0 Å². The third kappa shape index (κ3) is 39.1. The van der Waals surface area contributed by atoms with Crippen molar-refractivity contribution in [3.63, 3.8) is 0 Å². The summed E-state index contributed by atoms with van der Waals surface area (Å²) in [6.45, 7) is 4.61. The van der Waals surface area contributed by atoms with E-state index in [-0.39, 0.29) is 42.7 Å². The van der Waals surface area contributed by atoms with E-state index in [1.807, 2.05) is 0 Å². The first-order valence-electron chi connectivity index (χ1n) is 23.9. The van der Waals surface area contributed by atoms with Crippen molar-refractivity contribution in [1.82, 2.24) is 0 Å². The molecular weight excluding hydrogens is 715 g/mol. The Hall–Kier alpha value is -2.19. The van der Waals surface area contributed by atoms with E-state index in [4.69, 9.17) is 14.2 Å². The number of nitrogens with zero attached hydrogens (tertiary/aromatic N) is 1. The van der Waals surface area contributed by atoms with Crippen LogP contribution < -0.4 is 5.11 Å². The number of unbranched alkanes of at least 4 members (excludes halogenated alkanes) is 26. The van der Waals surface area contributed by atoms with Crippen LogP contribution in [0.25, 0.3) is 0 Å². The van der Waals surface area contributed by atoms with Gasteiger partial charge in [0.15, 0.2) is 6.10 Å². The predicted molar refractivity (Wildman–Crippen MR) is 236 cm³/mol. The van der Waals surface area contributed by atoms with Crippen molar-refractivity contribution in [2.45, 2.75) is 231 Å². The zero-order valence-electron chi connectivity index (χ0n) is 38.0. The Morgan fingerprint density at radius 1 is 0.526 bits per heavy atom. The molecule has 0 aromatic rings. The van der Waals surface area contributed by atoms with Gasteiger partial charge in [0.1, 0.15) is 12.6 Å². The molecule has 2 unspecified atom stereocenters. The summed E-state index contributed by atoms with van der Waals surface area (Å²) in [5.41, 5.74) is 0. The van der Waals surface area contributed by atoms with Gasteiger partial charge in [0.05, 0.1) is 40.3 Å². The van der Waals surface area contributed by atoms with E-state index >= 15 is 0 Å². The molecule has 8 heteroatoms. The highest BCUT2D eigenvalue weighted by Gasteiger charge is 2.25. The summed E-state index contributed by atoms with van der Waals surface area (Å²) in [7, 11) is 5.41. The van der Waals surface area contributed by atoms with Gasteiger partial charge in [-0.05, 0) is 32.1 Å². The molecule has 0 aliphatic heterocycles. The minimum Gasteiger partial charge on any atom is -0.544 e. The molecule has 0 spiro atoms. The Bertz CT molecular complexity index is 989. The van der Waals surface area contributed by atoms with Crippen molar-refractivity contribution in [2.75, 3.05) is 41.0 Å². The van der Waals surface area contributed by atoms with Gasteiger partial charge >= 0.3 is 11.9 Å². The zero-order valence-corrected chi connectivity index (χ0v) is 38.0. The number of rotatable bonds is 43. The third-order valence-corrected chi connectivity index (χ3v) is 10.9. The van der Waals surface area contributed by atoms with E-state index in [1.165, 1.54) is 135 Å². The van der Waals surface area contributed by atoms with Gasteiger partial charge in [-0.2, -0.15) is 0 Å². The van der Waals surface area contributed by atoms with Crippen LogP contribution in [0.2, 0.25) is 0 Å². The largest absolute Gasteiger partial charge is 0.544 e. The minimum absolute atomic E-state index is 0.0362. The van der Waals surface area contributed by atoms with Crippen LogP contribution in [0.15, 0.2) is 24.3 Å². The normalized spacial score (nSPS) is 13.1. The van der Waals surface area contributed by atoms with Gasteiger partial charge in [0.2, 0.25) is 0 Å². The SMILES string of the molecule is CCCC/C=C/C=C/CCCCCC(=O)OCC(COCCC(C(=O)[O-])[N+](C)(C)C)OC(=O)CCCCCCCCCCCCCCCCCCCCCCCC. The van der Waals surface area contributed by atoms with Crippen LogP contribution >= 0.6 is 0 Å². The lowest BCUT2D eigenvalue weighted by molar-refractivity contribution is -0.889. The van der Waals surface area contributed by atoms with E-state index in [9.17, 15) is 19.5 Å². The number of carboxylic acid groups (broad SMARTS) is 1. The Kier molecular flexibility index (Phi) is 39.0. The summed E-state index contributed by atoms with van der Waals surface area (Å²) in [5, 5.41) is 11.6. The Labute approximate surface area is 351 Å². The maximum atomic E-state index is 12.7. The van der Waals surface area contributed by atoms with E-state index in [1.54, 1.807) is 21.1 Å². The smallest absolute Gasteiger partial charge is 0.306 e. The number of ether oxygens (including phenoxy) is 3. The van der Waals surface area contributed by atoms with Crippen LogP contribution in [0.4, 0.5) is 0 Å². The molecule has 0 saturated heterocycles. The summed E-state index contributed by atoms with van der Waals surface area (Å²) in [5.74, 6) is -1.76. The van der Waals surface area contributed by atoms with Crippen LogP contribution in [0.5, 0.6) is 0 Å². The number of carboxylic acids is 1. The number of carbonyl (C=O) groups excluding carboxylic acids is 3. The number of allylic oxidation sites excluding steroid dienone is 4. The number of hydrogen-bond donors (Lipinski definition) is 0. The maximum absolute atomic E-state index is 12.7. The molecule has 0 fully saturated rings. The summed E-state index contributed by atoms with van der Waals surface area (Å²) in [6.07, 6.45) is 45.0. The molecule has 334 valence electrons. The average Bonchev–Trinajstić information content (AvgIpc) is 3.17. The molecule has 0 radical (unpaired) electrons. The summed E-state index contributed by atoms with van der Waals surface area (Å²) < 4.78 is 17.2. The van der Waals surface area contributed by atoms with Crippen LogP contribution in [-0.2, 0) is 28.6 Å². The maximum Gasteiger partial charge on any atom is 0.306 e. The average molecular weight is 806 g/mol. The Morgan fingerprint density at radius 3 is 1.37 bits per heavy atom. The van der Waals surface area contributed by atoms with Gasteiger partial charge in [0.25, 0.3) is 0 Å². The molecule has 0 aliphatic carbocycles. The van der Waals surface area contributed by atoms with Crippen LogP contribution in [0.1, 0.15) is 219 Å². The number of esters is 2. The fourth-order valence-corrected chi connectivity index (χ4v) is 7.11. The molecule has 0 aliphatic rings. The molecule has 0 saturated carbocycles. The number of aliphatic carboxylic acids is 1. The Morgan fingerprint density at radius 2 is 0.930 bits per heavy atom. The van der Waals surface area contributed by atoms with Gasteiger partial charge in [-0.1, -0.05) is 192 Å². The molecule has 0 bridgehead atoms. The molecule has 0 heterocycles. The van der Waals surface area contributed by atoms with Crippen molar-refractivity contribution in [3.05, 3.63) is 24.3 Å². The molecule has 57 heavy (non-hydrogen) atoms. The number of quaternary nitrogens is 1. The molecular formula is C49H91NO7. The third-order valence-electron chi connectivity index (χ3n) is 10.9. The fourth-order valence-electron chi connectivity index (χ4n) is 7.11. The summed E-state index contributed by atoms with van der Waals surface area (Å²) >= 11 is 0. The molecule has 0 aromatic heterocycles. The fraction of sp³-hybridized carbons (Fsp3) is 0.857. The topological polar surface area (TPSA) is 102 Å². The lowest BCUT2D eigenvalue weighted by atomic mass is 10.0. The van der Waals surface area contributed by atoms with E-state index in [0.29, 0.717) is 12.8 Å². The first-order chi connectivity index (χ1) is 27.6. The van der Waals surface area contributed by atoms with Gasteiger partial charge in [0, 0.05) is 19.3 Å². The number of hydrogen-bond acceptors (Lipinski definition) is 7. The van der Waals surface area contributed by atoms with Gasteiger partial charge < -0.3 is 28.6 Å². The second-order valence-corrected chi connectivity index (χ2v) is 17.4. The van der Waals surface area contributed by atoms with Crippen molar-refractivity contribution in [2.24, 2.45) is 0 Å². The van der Waals surface area contributed by atoms with Gasteiger partial charge in [-0.25, -0.2) is 0 Å². The molecule has 8 nitrogen and oxygen atoms in total. The standard InChI is InChI=1S/C49H91NO7/c1-6-8-10-12-14-16-18-19-20-21-22-23-24-25-26-27-28-30-32-34-36-38-40-48(52)57-45(43-55-42-41-46(49(53)54)50(3,4)5)44-56-47(51)39-37-35-33-31-29-17-15-13-11-9-7-2/h13,15,17,29,45-46H,6-12,14,16,18-28,30-44H2,1-5H3/b15-13+,29-17+. The first kappa shape index (κ1) is 54.8. The Balaban J connectivity index is 4.19. The predicted octanol–water partition coefficient (Wildman–Crippen LogP) is 11.9. The van der Waals surface area contributed by atoms with Crippen molar-refractivity contribution < 1.29 is 38.2 Å². The molecule has 0 amide bonds. The van der Waals surface area contributed by atoms with Crippen molar-refractivity contribution >= 4 is 17.9 Å². The van der Waals surface area contributed by atoms with Crippen LogP contribution in [0, 0.1) is 0 Å². The van der Waals surface area contributed by atoms with Crippen molar-refractivity contribution in [1.29, 1.82) is 0 Å². The quantitative estimate of drug-likeness (QED) is 0.0262.